The van der Waals surface area contributed by atoms with Crippen LogP contribution in [-0.4, -0.2) is 17.2 Å². The molecular formula is C6H12O2S. The van der Waals surface area contributed by atoms with E-state index in [1.165, 1.54) is 18.7 Å². The molecule has 0 N–H and O–H groups in total. The van der Waals surface area contributed by atoms with Gasteiger partial charge in [0.05, 0.1) is 0 Å². The fraction of sp³-hybridized carbons (Fsp3) is 0.833. The molecule has 0 unspecified atom stereocenters. The molecule has 0 aromatic carbocycles. The van der Waals surface area contributed by atoms with Gasteiger partial charge in [-0.2, -0.15) is 0 Å². The molecule has 3 heteroatoms. The fourth-order valence-electron chi connectivity index (χ4n) is 0.388. The molecule has 0 rings (SSSR count). The monoisotopic (exact) mass is 148 g/mol. The molecular weight excluding hydrogens is 136 g/mol. The molecule has 0 spiro atoms. The van der Waals surface area contributed by atoms with E-state index in [2.05, 4.69) is 0 Å². The smallest absolute Gasteiger partial charge is 0.304 e. The van der Waals surface area contributed by atoms with Gasteiger partial charge in [0.25, 0.3) is 0 Å². The summed E-state index contributed by atoms with van der Waals surface area (Å²) in [5, 5.41) is 0. The molecule has 0 aliphatic heterocycles. The minimum absolute atomic E-state index is 0.227. The van der Waals surface area contributed by atoms with Crippen molar-refractivity contribution in [1.82, 2.24) is 0 Å². The van der Waals surface area contributed by atoms with Crippen LogP contribution < -0.4 is 0 Å². The Hall–Kier alpha value is -0.180. The van der Waals surface area contributed by atoms with Crippen LogP contribution in [0.2, 0.25) is 0 Å². The lowest BCUT2D eigenvalue weighted by atomic mass is 10.5. The van der Waals surface area contributed by atoms with E-state index in [4.69, 9.17) is 4.74 Å². The van der Waals surface area contributed by atoms with Gasteiger partial charge in [0.15, 0.2) is 4.93 Å². The number of carbonyl (C=O) groups is 1. The van der Waals surface area contributed by atoms with E-state index in [0.29, 0.717) is 0 Å². The highest BCUT2D eigenvalue weighted by atomic mass is 32.2. The Kier molecular flexibility index (Phi) is 3.04. The van der Waals surface area contributed by atoms with Gasteiger partial charge in [0, 0.05) is 6.92 Å². The first-order valence-electron chi connectivity index (χ1n) is 2.72. The zero-order chi connectivity index (χ0) is 7.49. The van der Waals surface area contributed by atoms with Gasteiger partial charge in [0.1, 0.15) is 0 Å². The van der Waals surface area contributed by atoms with E-state index in [0.717, 1.165) is 0 Å². The van der Waals surface area contributed by atoms with Crippen molar-refractivity contribution in [2.24, 2.45) is 0 Å². The third kappa shape index (κ3) is 4.33. The third-order valence-corrected chi connectivity index (χ3v) is 1.95. The van der Waals surface area contributed by atoms with Gasteiger partial charge in [-0.25, -0.2) is 0 Å². The van der Waals surface area contributed by atoms with Crippen molar-refractivity contribution < 1.29 is 9.53 Å². The Morgan fingerprint density at radius 3 is 2.11 bits per heavy atom. The molecule has 0 saturated carbocycles. The highest BCUT2D eigenvalue weighted by Gasteiger charge is 2.18. The van der Waals surface area contributed by atoms with Crippen LogP contribution in [0.25, 0.3) is 0 Å². The number of rotatable bonds is 2. The summed E-state index contributed by atoms with van der Waals surface area (Å²) < 4.78 is 4.91. The zero-order valence-corrected chi connectivity index (χ0v) is 7.04. The molecule has 9 heavy (non-hydrogen) atoms. The van der Waals surface area contributed by atoms with Crippen molar-refractivity contribution in [3.8, 4) is 0 Å². The standard InChI is InChI=1S/C6H12O2S/c1-5(7)8-6(2,3)9-4/h1-4H3. The number of thioether (sulfide) groups is 1. The molecule has 0 aromatic rings. The van der Waals surface area contributed by atoms with Gasteiger partial charge in [-0.3, -0.25) is 4.79 Å². The second-order valence-corrected chi connectivity index (χ2v) is 3.59. The average molecular weight is 148 g/mol. The predicted molar refractivity (Wildman–Crippen MR) is 39.4 cm³/mol. The molecule has 0 bridgehead atoms. The van der Waals surface area contributed by atoms with Crippen LogP contribution in [0.4, 0.5) is 0 Å². The Bertz CT molecular complexity index is 110. The summed E-state index contributed by atoms with van der Waals surface area (Å²) in [6.07, 6.45) is 1.91. The van der Waals surface area contributed by atoms with Crippen molar-refractivity contribution >= 4 is 17.7 Å². The van der Waals surface area contributed by atoms with Crippen LogP contribution in [0.15, 0.2) is 0 Å². The van der Waals surface area contributed by atoms with Crippen molar-refractivity contribution in [2.45, 2.75) is 25.7 Å². The van der Waals surface area contributed by atoms with E-state index in [1.807, 2.05) is 20.1 Å². The molecule has 0 saturated heterocycles. The first-order chi connectivity index (χ1) is 3.98. The molecule has 0 aliphatic carbocycles. The number of hydrogen-bond donors (Lipinski definition) is 0. The molecule has 0 heterocycles. The maximum atomic E-state index is 10.4. The van der Waals surface area contributed by atoms with Crippen molar-refractivity contribution in [2.75, 3.05) is 6.26 Å². The van der Waals surface area contributed by atoms with Gasteiger partial charge < -0.3 is 4.74 Å². The maximum absolute atomic E-state index is 10.4. The molecule has 0 radical (unpaired) electrons. The van der Waals surface area contributed by atoms with Crippen molar-refractivity contribution in [3.63, 3.8) is 0 Å². The number of hydrogen-bond acceptors (Lipinski definition) is 3. The SMILES string of the molecule is CSC(C)(C)OC(C)=O. The first-order valence-corrected chi connectivity index (χ1v) is 3.95. The quantitative estimate of drug-likeness (QED) is 0.440. The van der Waals surface area contributed by atoms with Gasteiger partial charge in [-0.05, 0) is 20.1 Å². The summed E-state index contributed by atoms with van der Waals surface area (Å²) in [5.41, 5.74) is 0. The Morgan fingerprint density at radius 2 is 2.00 bits per heavy atom. The molecule has 0 atom stereocenters. The Balaban J connectivity index is 3.71. The minimum Gasteiger partial charge on any atom is -0.449 e. The summed E-state index contributed by atoms with van der Waals surface area (Å²) in [7, 11) is 0. The Morgan fingerprint density at radius 1 is 1.56 bits per heavy atom. The summed E-state index contributed by atoms with van der Waals surface area (Å²) in [5.74, 6) is -0.227. The summed E-state index contributed by atoms with van der Waals surface area (Å²) in [6.45, 7) is 5.14. The van der Waals surface area contributed by atoms with Gasteiger partial charge >= 0.3 is 5.97 Å². The fourth-order valence-corrected chi connectivity index (χ4v) is 0.588. The predicted octanol–water partition coefficient (Wildman–Crippen LogP) is 1.65. The molecule has 0 fully saturated rings. The van der Waals surface area contributed by atoms with Crippen LogP contribution in [0.1, 0.15) is 20.8 Å². The van der Waals surface area contributed by atoms with E-state index in [1.54, 1.807) is 0 Å². The number of ether oxygens (including phenoxy) is 1. The van der Waals surface area contributed by atoms with Crippen LogP contribution >= 0.6 is 11.8 Å². The second kappa shape index (κ2) is 3.11. The lowest BCUT2D eigenvalue weighted by molar-refractivity contribution is -0.146. The molecule has 0 amide bonds. The number of esters is 1. The van der Waals surface area contributed by atoms with Crippen LogP contribution in [0.3, 0.4) is 0 Å². The number of carbonyl (C=O) groups excluding carboxylic acids is 1. The van der Waals surface area contributed by atoms with Crippen molar-refractivity contribution in [1.29, 1.82) is 0 Å². The molecule has 0 aliphatic rings. The first kappa shape index (κ1) is 8.82. The van der Waals surface area contributed by atoms with Gasteiger partial charge in [0.2, 0.25) is 0 Å². The summed E-state index contributed by atoms with van der Waals surface area (Å²) in [4.78, 5) is 10.0. The average Bonchev–Trinajstić information content (AvgIpc) is 1.63. The van der Waals surface area contributed by atoms with E-state index in [-0.39, 0.29) is 10.9 Å². The molecule has 0 aromatic heterocycles. The van der Waals surface area contributed by atoms with Gasteiger partial charge in [-0.1, -0.05) is 0 Å². The van der Waals surface area contributed by atoms with Crippen LogP contribution in [0.5, 0.6) is 0 Å². The minimum atomic E-state index is -0.369. The summed E-state index contributed by atoms with van der Waals surface area (Å²) in [6, 6.07) is 0. The lowest BCUT2D eigenvalue weighted by Crippen LogP contribution is -2.21. The zero-order valence-electron chi connectivity index (χ0n) is 6.22. The van der Waals surface area contributed by atoms with E-state index in [9.17, 15) is 4.79 Å². The van der Waals surface area contributed by atoms with Crippen LogP contribution in [0, 0.1) is 0 Å². The Labute approximate surface area is 60.0 Å². The lowest BCUT2D eigenvalue weighted by Gasteiger charge is -2.20. The normalized spacial score (nSPS) is 11.1. The van der Waals surface area contributed by atoms with E-state index >= 15 is 0 Å². The van der Waals surface area contributed by atoms with Crippen LogP contribution in [-0.2, 0) is 9.53 Å². The third-order valence-electron chi connectivity index (χ3n) is 0.881. The highest BCUT2D eigenvalue weighted by Crippen LogP contribution is 2.22. The van der Waals surface area contributed by atoms with Crippen molar-refractivity contribution in [3.05, 3.63) is 0 Å². The topological polar surface area (TPSA) is 26.3 Å². The van der Waals surface area contributed by atoms with E-state index < -0.39 is 0 Å². The maximum Gasteiger partial charge on any atom is 0.304 e. The highest BCUT2D eigenvalue weighted by molar-refractivity contribution is 7.99. The molecule has 2 nitrogen and oxygen atoms in total. The second-order valence-electron chi connectivity index (χ2n) is 2.20. The summed E-state index contributed by atoms with van der Waals surface area (Å²) >= 11 is 1.51. The molecule has 54 valence electrons. The largest absolute Gasteiger partial charge is 0.449 e. The van der Waals surface area contributed by atoms with Gasteiger partial charge in [-0.15, -0.1) is 11.8 Å².